The summed E-state index contributed by atoms with van der Waals surface area (Å²) in [5.74, 6) is 1.18. The van der Waals surface area contributed by atoms with Crippen LogP contribution in [-0.4, -0.2) is 21.2 Å². The minimum absolute atomic E-state index is 0.281. The Kier molecular flexibility index (Phi) is 3.18. The lowest BCUT2D eigenvalue weighted by molar-refractivity contribution is 0.111. The van der Waals surface area contributed by atoms with Gasteiger partial charge >= 0.3 is 0 Å². The Bertz CT molecular complexity index is 456. The summed E-state index contributed by atoms with van der Waals surface area (Å²) in [4.78, 5) is 22.3. The Morgan fingerprint density at radius 1 is 1.19 bits per heavy atom. The van der Waals surface area contributed by atoms with Gasteiger partial charge in [-0.1, -0.05) is 0 Å². The van der Waals surface area contributed by atoms with Gasteiger partial charge in [0.25, 0.3) is 0 Å². The van der Waals surface area contributed by atoms with E-state index in [-0.39, 0.29) is 6.61 Å². The predicted molar refractivity (Wildman–Crippen MR) is 56.0 cm³/mol. The maximum atomic E-state index is 10.4. The first-order valence-corrected chi connectivity index (χ1v) is 4.68. The molecule has 0 radical (unpaired) electrons. The molecule has 0 aliphatic carbocycles. The number of aldehydes is 1. The van der Waals surface area contributed by atoms with Crippen LogP contribution in [0.3, 0.4) is 0 Å². The second kappa shape index (κ2) is 4.97. The molecular weight excluding hydrogens is 206 g/mol. The number of carbonyl (C=O) groups excluding carboxylic acids is 1. The second-order valence-electron chi connectivity index (χ2n) is 2.99. The minimum Gasteiger partial charge on any atom is -0.484 e. The lowest BCUT2D eigenvalue weighted by atomic mass is 10.4. The molecule has 0 atom stereocenters. The third kappa shape index (κ3) is 2.60. The van der Waals surface area contributed by atoms with Crippen LogP contribution in [0.1, 0.15) is 16.3 Å². The molecule has 0 amide bonds. The number of pyridine rings is 1. The molecule has 2 heterocycles. The van der Waals surface area contributed by atoms with Gasteiger partial charge in [-0.2, -0.15) is 0 Å². The van der Waals surface area contributed by atoms with E-state index in [4.69, 9.17) is 4.74 Å². The summed E-state index contributed by atoms with van der Waals surface area (Å²) < 4.78 is 5.39. The second-order valence-corrected chi connectivity index (χ2v) is 2.99. The average Bonchev–Trinajstić information content (AvgIpc) is 2.38. The molecule has 0 spiro atoms. The average molecular weight is 215 g/mol. The largest absolute Gasteiger partial charge is 0.484 e. The van der Waals surface area contributed by atoms with E-state index < -0.39 is 0 Å². The van der Waals surface area contributed by atoms with Gasteiger partial charge in [-0.3, -0.25) is 4.79 Å². The van der Waals surface area contributed by atoms with Crippen molar-refractivity contribution in [2.75, 3.05) is 0 Å². The van der Waals surface area contributed by atoms with Crippen molar-refractivity contribution in [2.24, 2.45) is 0 Å². The van der Waals surface area contributed by atoms with Gasteiger partial charge in [0.2, 0.25) is 0 Å². The molecule has 0 aromatic carbocycles. The Hall–Kier alpha value is -2.30. The fourth-order valence-electron chi connectivity index (χ4n) is 1.10. The summed E-state index contributed by atoms with van der Waals surface area (Å²) in [5, 5.41) is 0. The van der Waals surface area contributed by atoms with Crippen molar-refractivity contribution in [3.05, 3.63) is 48.3 Å². The Morgan fingerprint density at radius 3 is 2.62 bits per heavy atom. The maximum absolute atomic E-state index is 10.4. The molecule has 2 aromatic heterocycles. The fraction of sp³-hybridized carbons (Fsp3) is 0.0909. The van der Waals surface area contributed by atoms with Gasteiger partial charge in [-0.25, -0.2) is 15.0 Å². The van der Waals surface area contributed by atoms with Crippen molar-refractivity contribution in [2.45, 2.75) is 6.61 Å². The zero-order valence-corrected chi connectivity index (χ0v) is 8.41. The fourth-order valence-corrected chi connectivity index (χ4v) is 1.10. The van der Waals surface area contributed by atoms with Crippen LogP contribution in [0.4, 0.5) is 0 Å². The molecule has 2 aromatic rings. The molecule has 80 valence electrons. The molecule has 16 heavy (non-hydrogen) atoms. The van der Waals surface area contributed by atoms with Crippen molar-refractivity contribution in [3.8, 4) is 5.75 Å². The Balaban J connectivity index is 1.97. The molecule has 0 bridgehead atoms. The monoisotopic (exact) mass is 215 g/mol. The van der Waals surface area contributed by atoms with Crippen molar-refractivity contribution < 1.29 is 9.53 Å². The van der Waals surface area contributed by atoms with Gasteiger partial charge < -0.3 is 4.74 Å². The summed E-state index contributed by atoms with van der Waals surface area (Å²) in [6, 6.07) is 5.01. The van der Waals surface area contributed by atoms with Crippen molar-refractivity contribution in [3.63, 3.8) is 0 Å². The van der Waals surface area contributed by atoms with Crippen LogP contribution in [0.2, 0.25) is 0 Å². The van der Waals surface area contributed by atoms with Crippen LogP contribution < -0.4 is 4.74 Å². The number of carbonyl (C=O) groups is 1. The summed E-state index contributed by atoms with van der Waals surface area (Å²) in [7, 11) is 0. The summed E-state index contributed by atoms with van der Waals surface area (Å²) in [6.45, 7) is 0.281. The first kappa shape index (κ1) is 10.2. The topological polar surface area (TPSA) is 65.0 Å². The standard InChI is InChI=1S/C11H9N3O2/c15-7-9-2-3-10(6-14-9)16-8-11-12-4-1-5-13-11/h1-7H,8H2. The molecule has 5 nitrogen and oxygen atoms in total. The quantitative estimate of drug-likeness (QED) is 0.718. The highest BCUT2D eigenvalue weighted by molar-refractivity contribution is 5.71. The molecule has 0 saturated carbocycles. The molecule has 0 unspecified atom stereocenters. The normalized spacial score (nSPS) is 9.75. The smallest absolute Gasteiger partial charge is 0.168 e. The lowest BCUT2D eigenvalue weighted by Crippen LogP contribution is -2.00. The SMILES string of the molecule is O=Cc1ccc(OCc2ncccn2)cn1. The minimum atomic E-state index is 0.281. The first-order valence-electron chi connectivity index (χ1n) is 4.68. The van der Waals surface area contributed by atoms with E-state index in [0.717, 1.165) is 0 Å². The van der Waals surface area contributed by atoms with E-state index in [2.05, 4.69) is 15.0 Å². The first-order chi connectivity index (χ1) is 7.88. The predicted octanol–water partition coefficient (Wildman–Crippen LogP) is 1.26. The van der Waals surface area contributed by atoms with Gasteiger partial charge in [0.1, 0.15) is 18.1 Å². The van der Waals surface area contributed by atoms with E-state index in [1.54, 1.807) is 30.6 Å². The zero-order valence-electron chi connectivity index (χ0n) is 8.41. The lowest BCUT2D eigenvalue weighted by Gasteiger charge is -2.03. The summed E-state index contributed by atoms with van der Waals surface area (Å²) >= 11 is 0. The Morgan fingerprint density at radius 2 is 2.00 bits per heavy atom. The molecule has 5 heteroatoms. The van der Waals surface area contributed by atoms with E-state index in [1.165, 1.54) is 6.20 Å². The highest BCUT2D eigenvalue weighted by atomic mass is 16.5. The van der Waals surface area contributed by atoms with Crippen molar-refractivity contribution in [1.29, 1.82) is 0 Å². The van der Waals surface area contributed by atoms with Gasteiger partial charge in [0.15, 0.2) is 12.1 Å². The van der Waals surface area contributed by atoms with Gasteiger partial charge in [-0.05, 0) is 18.2 Å². The highest BCUT2D eigenvalue weighted by Crippen LogP contribution is 2.09. The van der Waals surface area contributed by atoms with Crippen LogP contribution in [0, 0.1) is 0 Å². The van der Waals surface area contributed by atoms with E-state index in [9.17, 15) is 4.79 Å². The number of hydrogen-bond acceptors (Lipinski definition) is 5. The molecule has 0 N–H and O–H groups in total. The van der Waals surface area contributed by atoms with E-state index in [0.29, 0.717) is 23.6 Å². The van der Waals surface area contributed by atoms with E-state index in [1.807, 2.05) is 0 Å². The zero-order chi connectivity index (χ0) is 11.2. The van der Waals surface area contributed by atoms with Gasteiger partial charge in [-0.15, -0.1) is 0 Å². The van der Waals surface area contributed by atoms with Crippen LogP contribution in [-0.2, 0) is 6.61 Å². The van der Waals surface area contributed by atoms with Crippen LogP contribution in [0.25, 0.3) is 0 Å². The third-order valence-corrected chi connectivity index (χ3v) is 1.87. The van der Waals surface area contributed by atoms with Crippen LogP contribution in [0.5, 0.6) is 5.75 Å². The number of ether oxygens (including phenoxy) is 1. The number of aromatic nitrogens is 3. The molecule has 2 rings (SSSR count). The summed E-state index contributed by atoms with van der Waals surface area (Å²) in [5.41, 5.74) is 0.378. The summed E-state index contributed by atoms with van der Waals surface area (Å²) in [6.07, 6.45) is 5.48. The van der Waals surface area contributed by atoms with Gasteiger partial charge in [0, 0.05) is 12.4 Å². The molecule has 0 fully saturated rings. The van der Waals surface area contributed by atoms with Crippen LogP contribution in [0.15, 0.2) is 36.8 Å². The Labute approximate surface area is 92.2 Å². The van der Waals surface area contributed by atoms with Crippen molar-refractivity contribution in [1.82, 2.24) is 15.0 Å². The number of hydrogen-bond donors (Lipinski definition) is 0. The van der Waals surface area contributed by atoms with E-state index >= 15 is 0 Å². The number of nitrogens with zero attached hydrogens (tertiary/aromatic N) is 3. The number of rotatable bonds is 4. The van der Waals surface area contributed by atoms with Crippen LogP contribution >= 0.6 is 0 Å². The molecule has 0 aliphatic heterocycles. The highest BCUT2D eigenvalue weighted by Gasteiger charge is 1.98. The molecule has 0 saturated heterocycles. The molecule has 0 aliphatic rings. The third-order valence-electron chi connectivity index (χ3n) is 1.87. The molecular formula is C11H9N3O2. The van der Waals surface area contributed by atoms with Gasteiger partial charge in [0.05, 0.1) is 6.20 Å². The maximum Gasteiger partial charge on any atom is 0.168 e. The van der Waals surface area contributed by atoms with Crippen molar-refractivity contribution >= 4 is 6.29 Å².